The number of aromatic amines is 1. The van der Waals surface area contributed by atoms with E-state index < -0.39 is 0 Å². The smallest absolute Gasteiger partial charge is 0.194 e. The van der Waals surface area contributed by atoms with Gasteiger partial charge >= 0.3 is 0 Å². The SMILES string of the molecule is Cc1ccc2c(=O)c(CN(CCO)Cc3ccccc3)c(C)[nH]c2c1C. The lowest BCUT2D eigenvalue weighted by Crippen LogP contribution is -2.29. The van der Waals surface area contributed by atoms with Gasteiger partial charge in [-0.1, -0.05) is 36.4 Å². The lowest BCUT2D eigenvalue weighted by atomic mass is 10.0. The van der Waals surface area contributed by atoms with Crippen LogP contribution in [0.3, 0.4) is 0 Å². The van der Waals surface area contributed by atoms with Crippen LogP contribution in [0, 0.1) is 20.8 Å². The molecule has 2 N–H and O–H groups in total. The van der Waals surface area contributed by atoms with Crippen molar-refractivity contribution in [2.24, 2.45) is 0 Å². The molecular weight excluding hydrogens is 324 g/mol. The van der Waals surface area contributed by atoms with E-state index in [2.05, 4.69) is 28.9 Å². The summed E-state index contributed by atoms with van der Waals surface area (Å²) in [6.45, 7) is 7.86. The van der Waals surface area contributed by atoms with Gasteiger partial charge in [-0.2, -0.15) is 0 Å². The Labute approximate surface area is 154 Å². The van der Waals surface area contributed by atoms with E-state index in [-0.39, 0.29) is 12.0 Å². The fourth-order valence-corrected chi connectivity index (χ4v) is 3.37. The van der Waals surface area contributed by atoms with Crippen molar-refractivity contribution in [1.29, 1.82) is 0 Å². The highest BCUT2D eigenvalue weighted by Crippen LogP contribution is 2.20. The number of benzene rings is 2. The van der Waals surface area contributed by atoms with Gasteiger partial charge in [-0.05, 0) is 43.5 Å². The predicted molar refractivity (Wildman–Crippen MR) is 106 cm³/mol. The van der Waals surface area contributed by atoms with E-state index in [1.54, 1.807) is 0 Å². The lowest BCUT2D eigenvalue weighted by Gasteiger charge is -2.22. The number of aliphatic hydroxyl groups is 1. The predicted octanol–water partition coefficient (Wildman–Crippen LogP) is 3.45. The summed E-state index contributed by atoms with van der Waals surface area (Å²) in [6.07, 6.45) is 0. The van der Waals surface area contributed by atoms with E-state index in [0.29, 0.717) is 19.6 Å². The van der Waals surface area contributed by atoms with Crippen LogP contribution in [0.4, 0.5) is 0 Å². The van der Waals surface area contributed by atoms with Crippen LogP contribution in [-0.2, 0) is 13.1 Å². The standard InChI is InChI=1S/C22H26N2O2/c1-15-9-10-19-21(16(15)2)23-17(3)20(22(19)26)14-24(11-12-25)13-18-7-5-4-6-8-18/h4-10,25H,11-14H2,1-3H3,(H,23,26). The maximum Gasteiger partial charge on any atom is 0.194 e. The number of nitrogens with one attached hydrogen (secondary N) is 1. The quantitative estimate of drug-likeness (QED) is 0.716. The molecule has 0 atom stereocenters. The first-order valence-corrected chi connectivity index (χ1v) is 9.00. The van der Waals surface area contributed by atoms with Crippen molar-refractivity contribution in [2.45, 2.75) is 33.9 Å². The number of aliphatic hydroxyl groups excluding tert-OH is 1. The normalized spacial score (nSPS) is 11.4. The molecule has 0 aliphatic heterocycles. The minimum Gasteiger partial charge on any atom is -0.395 e. The summed E-state index contributed by atoms with van der Waals surface area (Å²) < 4.78 is 0. The summed E-state index contributed by atoms with van der Waals surface area (Å²) in [6, 6.07) is 14.0. The Morgan fingerprint density at radius 3 is 2.42 bits per heavy atom. The zero-order chi connectivity index (χ0) is 18.7. The fraction of sp³-hybridized carbons (Fsp3) is 0.318. The number of pyridine rings is 1. The summed E-state index contributed by atoms with van der Waals surface area (Å²) in [4.78, 5) is 18.6. The highest BCUT2D eigenvalue weighted by atomic mass is 16.3. The molecule has 1 heterocycles. The molecule has 26 heavy (non-hydrogen) atoms. The van der Waals surface area contributed by atoms with Gasteiger partial charge < -0.3 is 10.1 Å². The fourth-order valence-electron chi connectivity index (χ4n) is 3.37. The van der Waals surface area contributed by atoms with Crippen LogP contribution < -0.4 is 5.43 Å². The van der Waals surface area contributed by atoms with Crippen molar-refractivity contribution in [3.05, 3.63) is 80.6 Å². The first kappa shape index (κ1) is 18.4. The van der Waals surface area contributed by atoms with Gasteiger partial charge in [0.25, 0.3) is 0 Å². The molecule has 0 aliphatic rings. The Balaban J connectivity index is 1.98. The third kappa shape index (κ3) is 3.71. The third-order valence-corrected chi connectivity index (χ3v) is 5.07. The van der Waals surface area contributed by atoms with E-state index in [4.69, 9.17) is 0 Å². The molecule has 0 fully saturated rings. The maximum absolute atomic E-state index is 13.1. The van der Waals surface area contributed by atoms with Crippen molar-refractivity contribution >= 4 is 10.9 Å². The van der Waals surface area contributed by atoms with E-state index in [1.807, 2.05) is 44.2 Å². The van der Waals surface area contributed by atoms with E-state index in [1.165, 1.54) is 11.1 Å². The van der Waals surface area contributed by atoms with Crippen molar-refractivity contribution < 1.29 is 5.11 Å². The van der Waals surface area contributed by atoms with E-state index in [0.717, 1.165) is 27.7 Å². The number of hydrogen-bond acceptors (Lipinski definition) is 3. The number of H-pyrrole nitrogens is 1. The van der Waals surface area contributed by atoms with Crippen molar-refractivity contribution in [3.8, 4) is 0 Å². The maximum atomic E-state index is 13.1. The number of aryl methyl sites for hydroxylation is 3. The molecule has 4 heteroatoms. The summed E-state index contributed by atoms with van der Waals surface area (Å²) in [5.74, 6) is 0. The molecule has 0 aliphatic carbocycles. The molecule has 136 valence electrons. The number of aromatic nitrogens is 1. The molecular formula is C22H26N2O2. The van der Waals surface area contributed by atoms with Gasteiger partial charge in [-0.25, -0.2) is 0 Å². The average Bonchev–Trinajstić information content (AvgIpc) is 2.63. The topological polar surface area (TPSA) is 56.3 Å². The molecule has 0 saturated carbocycles. The molecule has 0 radical (unpaired) electrons. The van der Waals surface area contributed by atoms with Gasteiger partial charge in [0.2, 0.25) is 0 Å². The summed E-state index contributed by atoms with van der Waals surface area (Å²) in [5.41, 5.74) is 6.13. The van der Waals surface area contributed by atoms with Crippen molar-refractivity contribution in [3.63, 3.8) is 0 Å². The van der Waals surface area contributed by atoms with Gasteiger partial charge in [-0.15, -0.1) is 0 Å². The molecule has 0 amide bonds. The van der Waals surface area contributed by atoms with Gasteiger partial charge in [0, 0.05) is 36.3 Å². The second-order valence-electron chi connectivity index (χ2n) is 6.91. The molecule has 3 rings (SSSR count). The Bertz CT molecular complexity index is 961. The van der Waals surface area contributed by atoms with Crippen molar-refractivity contribution in [2.75, 3.05) is 13.2 Å². The van der Waals surface area contributed by atoms with Gasteiger partial charge in [0.15, 0.2) is 5.43 Å². The second kappa shape index (κ2) is 7.85. The third-order valence-electron chi connectivity index (χ3n) is 5.07. The first-order chi connectivity index (χ1) is 12.5. The van der Waals surface area contributed by atoms with Crippen molar-refractivity contribution in [1.82, 2.24) is 9.88 Å². The highest BCUT2D eigenvalue weighted by Gasteiger charge is 2.15. The Hall–Kier alpha value is -2.43. The van der Waals surface area contributed by atoms with E-state index in [9.17, 15) is 9.90 Å². The first-order valence-electron chi connectivity index (χ1n) is 9.00. The van der Waals surface area contributed by atoms with Crippen LogP contribution in [0.25, 0.3) is 10.9 Å². The molecule has 2 aromatic carbocycles. The minimum atomic E-state index is 0.0651. The average molecular weight is 350 g/mol. The summed E-state index contributed by atoms with van der Waals surface area (Å²) in [7, 11) is 0. The van der Waals surface area contributed by atoms with Crippen LogP contribution in [-0.4, -0.2) is 28.1 Å². The second-order valence-corrected chi connectivity index (χ2v) is 6.91. The van der Waals surface area contributed by atoms with Crippen LogP contribution in [0.1, 0.15) is 27.9 Å². The Morgan fingerprint density at radius 2 is 1.73 bits per heavy atom. The zero-order valence-corrected chi connectivity index (χ0v) is 15.7. The highest BCUT2D eigenvalue weighted by molar-refractivity contribution is 5.83. The summed E-state index contributed by atoms with van der Waals surface area (Å²) in [5, 5.41) is 10.2. The monoisotopic (exact) mass is 350 g/mol. The Morgan fingerprint density at radius 1 is 1.00 bits per heavy atom. The molecule has 3 aromatic rings. The number of rotatable bonds is 6. The Kier molecular flexibility index (Phi) is 5.55. The van der Waals surface area contributed by atoms with Gasteiger partial charge in [0.1, 0.15) is 0 Å². The number of nitrogens with zero attached hydrogens (tertiary/aromatic N) is 1. The van der Waals surface area contributed by atoms with Crippen LogP contribution in [0.5, 0.6) is 0 Å². The zero-order valence-electron chi connectivity index (χ0n) is 15.7. The van der Waals surface area contributed by atoms with Crippen LogP contribution in [0.15, 0.2) is 47.3 Å². The largest absolute Gasteiger partial charge is 0.395 e. The van der Waals surface area contributed by atoms with Crippen LogP contribution in [0.2, 0.25) is 0 Å². The molecule has 1 aromatic heterocycles. The van der Waals surface area contributed by atoms with E-state index >= 15 is 0 Å². The molecule has 0 unspecified atom stereocenters. The van der Waals surface area contributed by atoms with Gasteiger partial charge in [0.05, 0.1) is 12.1 Å². The summed E-state index contributed by atoms with van der Waals surface area (Å²) >= 11 is 0. The van der Waals surface area contributed by atoms with Crippen LogP contribution >= 0.6 is 0 Å². The van der Waals surface area contributed by atoms with Gasteiger partial charge in [-0.3, -0.25) is 9.69 Å². The lowest BCUT2D eigenvalue weighted by molar-refractivity contribution is 0.183. The minimum absolute atomic E-state index is 0.0651. The number of fused-ring (bicyclic) bond motifs is 1. The number of hydrogen-bond donors (Lipinski definition) is 2. The molecule has 0 saturated heterocycles. The molecule has 4 nitrogen and oxygen atoms in total. The molecule has 0 spiro atoms. The molecule has 0 bridgehead atoms.